The highest BCUT2D eigenvalue weighted by molar-refractivity contribution is 5.90. The molecule has 0 atom stereocenters. The lowest BCUT2D eigenvalue weighted by atomic mass is 10.1. The summed E-state index contributed by atoms with van der Waals surface area (Å²) in [7, 11) is 1.78. The van der Waals surface area contributed by atoms with Crippen LogP contribution in [0.2, 0.25) is 0 Å². The van der Waals surface area contributed by atoms with Crippen molar-refractivity contribution in [1.82, 2.24) is 14.8 Å². The molecule has 0 amide bonds. The summed E-state index contributed by atoms with van der Waals surface area (Å²) in [5.41, 5.74) is 0. The molecule has 14 heavy (non-hydrogen) atoms. The van der Waals surface area contributed by atoms with Crippen LogP contribution in [0.1, 0.15) is 55.0 Å². The van der Waals surface area contributed by atoms with E-state index in [1.807, 2.05) is 0 Å². The van der Waals surface area contributed by atoms with Crippen molar-refractivity contribution in [3.8, 4) is 0 Å². The smallest absolute Gasteiger partial charge is 0.196 e. The molecule has 2 rings (SSSR count). The van der Waals surface area contributed by atoms with Crippen molar-refractivity contribution in [2.24, 2.45) is 7.05 Å². The highest BCUT2D eigenvalue weighted by Gasteiger charge is 2.22. The molecule has 76 valence electrons. The second-order valence-electron chi connectivity index (χ2n) is 3.95. The van der Waals surface area contributed by atoms with Gasteiger partial charge in [-0.15, -0.1) is 0 Å². The van der Waals surface area contributed by atoms with Crippen molar-refractivity contribution >= 4 is 5.78 Å². The Morgan fingerprint density at radius 1 is 1.43 bits per heavy atom. The number of carbonyl (C=O) groups excluding carboxylic acids is 1. The predicted molar refractivity (Wildman–Crippen MR) is 52.2 cm³/mol. The van der Waals surface area contributed by atoms with E-state index in [4.69, 9.17) is 0 Å². The molecule has 1 aliphatic rings. The lowest BCUT2D eigenvalue weighted by molar-refractivity contribution is 0.0999. The SMILES string of the molecule is CC(=O)c1nc(C2CCCC2)nn1C. The molecule has 0 saturated heterocycles. The van der Waals surface area contributed by atoms with E-state index in [1.54, 1.807) is 11.7 Å². The molecule has 4 nitrogen and oxygen atoms in total. The Labute approximate surface area is 83.3 Å². The standard InChI is InChI=1S/C10H15N3O/c1-7(14)10-11-9(12-13(10)2)8-5-3-4-6-8/h8H,3-6H2,1-2H3. The second kappa shape index (κ2) is 3.52. The first-order valence-electron chi connectivity index (χ1n) is 5.10. The van der Waals surface area contributed by atoms with E-state index in [0.29, 0.717) is 11.7 Å². The number of carbonyl (C=O) groups is 1. The zero-order valence-corrected chi connectivity index (χ0v) is 8.66. The minimum atomic E-state index is -0.00996. The number of ketones is 1. The molecule has 4 heteroatoms. The lowest BCUT2D eigenvalue weighted by Crippen LogP contribution is -2.03. The Balaban J connectivity index is 2.27. The molecule has 0 radical (unpaired) electrons. The average molecular weight is 193 g/mol. The highest BCUT2D eigenvalue weighted by Crippen LogP contribution is 2.32. The third-order valence-corrected chi connectivity index (χ3v) is 2.81. The summed E-state index contributed by atoms with van der Waals surface area (Å²) in [6, 6.07) is 0. The average Bonchev–Trinajstić information content (AvgIpc) is 2.70. The summed E-state index contributed by atoms with van der Waals surface area (Å²) in [5.74, 6) is 1.81. The van der Waals surface area contributed by atoms with E-state index >= 15 is 0 Å². The van der Waals surface area contributed by atoms with Crippen LogP contribution in [0, 0.1) is 0 Å². The van der Waals surface area contributed by atoms with Crippen LogP contribution in [0.25, 0.3) is 0 Å². The van der Waals surface area contributed by atoms with Gasteiger partial charge in [-0.1, -0.05) is 12.8 Å². The van der Waals surface area contributed by atoms with Crippen LogP contribution in [-0.4, -0.2) is 20.5 Å². The number of nitrogens with zero attached hydrogens (tertiary/aromatic N) is 3. The van der Waals surface area contributed by atoms with Crippen LogP contribution < -0.4 is 0 Å². The van der Waals surface area contributed by atoms with Crippen LogP contribution in [-0.2, 0) is 7.05 Å². The van der Waals surface area contributed by atoms with E-state index in [2.05, 4.69) is 10.1 Å². The van der Waals surface area contributed by atoms with Gasteiger partial charge in [0.05, 0.1) is 0 Å². The van der Waals surface area contributed by atoms with Gasteiger partial charge in [0.15, 0.2) is 17.4 Å². The fourth-order valence-electron chi connectivity index (χ4n) is 2.07. The van der Waals surface area contributed by atoms with Crippen LogP contribution in [0.3, 0.4) is 0 Å². The van der Waals surface area contributed by atoms with E-state index < -0.39 is 0 Å². The lowest BCUT2D eigenvalue weighted by Gasteiger charge is -2.00. The summed E-state index contributed by atoms with van der Waals surface area (Å²) < 4.78 is 1.59. The third-order valence-electron chi connectivity index (χ3n) is 2.81. The van der Waals surface area contributed by atoms with Crippen LogP contribution >= 0.6 is 0 Å². The number of Topliss-reactive ketones (excluding diaryl/α,β-unsaturated/α-hetero) is 1. The predicted octanol–water partition coefficient (Wildman–Crippen LogP) is 1.68. The van der Waals surface area contributed by atoms with Gasteiger partial charge >= 0.3 is 0 Å². The van der Waals surface area contributed by atoms with Crippen LogP contribution in [0.15, 0.2) is 0 Å². The van der Waals surface area contributed by atoms with Gasteiger partial charge < -0.3 is 0 Å². The first kappa shape index (κ1) is 9.37. The summed E-state index contributed by atoms with van der Waals surface area (Å²) >= 11 is 0. The van der Waals surface area contributed by atoms with Gasteiger partial charge in [0.2, 0.25) is 0 Å². The molecule has 1 aromatic heterocycles. The molecule has 0 aromatic carbocycles. The van der Waals surface area contributed by atoms with Gasteiger partial charge in [0, 0.05) is 19.9 Å². The Kier molecular flexibility index (Phi) is 2.35. The summed E-state index contributed by atoms with van der Waals surface area (Å²) in [5, 5.41) is 4.30. The fraction of sp³-hybridized carbons (Fsp3) is 0.700. The maximum absolute atomic E-state index is 11.2. The van der Waals surface area contributed by atoms with Gasteiger partial charge in [-0.25, -0.2) is 9.67 Å². The van der Waals surface area contributed by atoms with Crippen molar-refractivity contribution in [2.75, 3.05) is 0 Å². The van der Waals surface area contributed by atoms with Crippen molar-refractivity contribution in [1.29, 1.82) is 0 Å². The number of rotatable bonds is 2. The fourth-order valence-corrected chi connectivity index (χ4v) is 2.07. The quantitative estimate of drug-likeness (QED) is 0.671. The maximum atomic E-state index is 11.2. The first-order chi connectivity index (χ1) is 6.68. The molecule has 0 N–H and O–H groups in total. The number of hydrogen-bond donors (Lipinski definition) is 0. The molecule has 1 aliphatic carbocycles. The summed E-state index contributed by atoms with van der Waals surface area (Å²) in [6.07, 6.45) is 4.86. The largest absolute Gasteiger partial charge is 0.291 e. The second-order valence-corrected chi connectivity index (χ2v) is 3.95. The number of aromatic nitrogens is 3. The van der Waals surface area contributed by atoms with E-state index in [0.717, 1.165) is 5.82 Å². The topological polar surface area (TPSA) is 47.8 Å². The normalized spacial score (nSPS) is 17.6. The summed E-state index contributed by atoms with van der Waals surface area (Å²) in [4.78, 5) is 15.5. The van der Waals surface area contributed by atoms with Crippen molar-refractivity contribution in [2.45, 2.75) is 38.5 Å². The van der Waals surface area contributed by atoms with Crippen molar-refractivity contribution in [3.63, 3.8) is 0 Å². The van der Waals surface area contributed by atoms with Gasteiger partial charge in [-0.2, -0.15) is 5.10 Å². The zero-order chi connectivity index (χ0) is 10.1. The van der Waals surface area contributed by atoms with E-state index in [-0.39, 0.29) is 5.78 Å². The number of hydrogen-bond acceptors (Lipinski definition) is 3. The van der Waals surface area contributed by atoms with Crippen LogP contribution in [0.5, 0.6) is 0 Å². The third kappa shape index (κ3) is 1.56. The van der Waals surface area contributed by atoms with Crippen molar-refractivity contribution in [3.05, 3.63) is 11.6 Å². The summed E-state index contributed by atoms with van der Waals surface area (Å²) in [6.45, 7) is 1.53. The molecule has 0 bridgehead atoms. The Morgan fingerprint density at radius 3 is 2.57 bits per heavy atom. The minimum absolute atomic E-state index is 0.00996. The first-order valence-corrected chi connectivity index (χ1v) is 5.10. The number of aryl methyl sites for hydroxylation is 1. The maximum Gasteiger partial charge on any atom is 0.196 e. The van der Waals surface area contributed by atoms with Crippen LogP contribution in [0.4, 0.5) is 0 Å². The minimum Gasteiger partial charge on any atom is -0.291 e. The molecule has 0 unspecified atom stereocenters. The molecule has 1 saturated carbocycles. The molecule has 1 aromatic rings. The van der Waals surface area contributed by atoms with Crippen molar-refractivity contribution < 1.29 is 4.79 Å². The van der Waals surface area contributed by atoms with Gasteiger partial charge in [0.25, 0.3) is 0 Å². The van der Waals surface area contributed by atoms with Gasteiger partial charge in [-0.3, -0.25) is 4.79 Å². The Hall–Kier alpha value is -1.19. The highest BCUT2D eigenvalue weighted by atomic mass is 16.1. The molecule has 1 fully saturated rings. The molecular formula is C10H15N3O. The molecule has 0 aliphatic heterocycles. The molecule has 1 heterocycles. The van der Waals surface area contributed by atoms with E-state index in [9.17, 15) is 4.79 Å². The van der Waals surface area contributed by atoms with E-state index in [1.165, 1.54) is 32.6 Å². The Bertz CT molecular complexity index is 350. The molecule has 0 spiro atoms. The zero-order valence-electron chi connectivity index (χ0n) is 8.66. The van der Waals surface area contributed by atoms with Gasteiger partial charge in [-0.05, 0) is 12.8 Å². The Morgan fingerprint density at radius 2 is 2.07 bits per heavy atom. The molecular weight excluding hydrogens is 178 g/mol. The van der Waals surface area contributed by atoms with Gasteiger partial charge in [0.1, 0.15) is 0 Å². The monoisotopic (exact) mass is 193 g/mol.